The molecule has 1 fully saturated rings. The minimum Gasteiger partial charge on any atom is -0.457 e. The fourth-order valence-corrected chi connectivity index (χ4v) is 2.83. The molecule has 1 saturated heterocycles. The van der Waals surface area contributed by atoms with Gasteiger partial charge in [-0.25, -0.2) is 0 Å². The van der Waals surface area contributed by atoms with E-state index in [4.69, 9.17) is 4.74 Å². The molecule has 2 aromatic carbocycles. The summed E-state index contributed by atoms with van der Waals surface area (Å²) in [6, 6.07) is 14.9. The molecule has 1 aliphatic rings. The third-order valence-corrected chi connectivity index (χ3v) is 4.21. The number of benzene rings is 2. The number of amides is 2. The maximum Gasteiger partial charge on any atom is 0.251 e. The molecule has 2 amide bonds. The first-order valence-electron chi connectivity index (χ1n) is 8.52. The maximum absolute atomic E-state index is 12.4. The number of nitrogens with one attached hydrogen (secondary N) is 2. The molecule has 1 aliphatic heterocycles. The van der Waals surface area contributed by atoms with Crippen LogP contribution in [0.4, 0.5) is 0 Å². The van der Waals surface area contributed by atoms with Gasteiger partial charge in [-0.3, -0.25) is 9.59 Å². The molecular formula is C20H22N2O3. The fraction of sp³-hybridized carbons (Fsp3) is 0.300. The molecule has 1 heterocycles. The van der Waals surface area contributed by atoms with Crippen LogP contribution in [0.1, 0.15) is 35.2 Å². The van der Waals surface area contributed by atoms with Crippen molar-refractivity contribution in [3.05, 3.63) is 59.7 Å². The molecule has 0 spiro atoms. The average Bonchev–Trinajstić information content (AvgIpc) is 2.80. The van der Waals surface area contributed by atoms with Crippen LogP contribution < -0.4 is 15.4 Å². The normalized spacial score (nSPS) is 17.3. The Morgan fingerprint density at radius 3 is 2.68 bits per heavy atom. The third kappa shape index (κ3) is 4.83. The number of carbonyl (C=O) groups excluding carboxylic acids is 2. The molecule has 25 heavy (non-hydrogen) atoms. The second kappa shape index (κ2) is 7.83. The van der Waals surface area contributed by atoms with E-state index in [1.165, 1.54) is 0 Å². The molecule has 1 unspecified atom stereocenters. The summed E-state index contributed by atoms with van der Waals surface area (Å²) in [5.74, 6) is 1.38. The summed E-state index contributed by atoms with van der Waals surface area (Å²) in [6.45, 7) is 2.62. The number of aryl methyl sites for hydroxylation is 1. The van der Waals surface area contributed by atoms with E-state index in [1.807, 2.05) is 31.2 Å². The van der Waals surface area contributed by atoms with Crippen molar-refractivity contribution in [2.75, 3.05) is 6.54 Å². The van der Waals surface area contributed by atoms with Gasteiger partial charge in [0.25, 0.3) is 5.91 Å². The van der Waals surface area contributed by atoms with E-state index >= 15 is 0 Å². The molecule has 0 radical (unpaired) electrons. The molecule has 5 heteroatoms. The molecule has 1 atom stereocenters. The van der Waals surface area contributed by atoms with Gasteiger partial charge in [-0.05, 0) is 61.7 Å². The topological polar surface area (TPSA) is 67.4 Å². The average molecular weight is 338 g/mol. The van der Waals surface area contributed by atoms with E-state index in [1.54, 1.807) is 24.3 Å². The van der Waals surface area contributed by atoms with Gasteiger partial charge in [-0.2, -0.15) is 0 Å². The summed E-state index contributed by atoms with van der Waals surface area (Å²) in [4.78, 5) is 23.7. The van der Waals surface area contributed by atoms with Crippen LogP contribution in [0.5, 0.6) is 11.5 Å². The summed E-state index contributed by atoms with van der Waals surface area (Å²) in [7, 11) is 0. The van der Waals surface area contributed by atoms with Crippen molar-refractivity contribution in [2.45, 2.75) is 32.2 Å². The lowest BCUT2D eigenvalue weighted by Gasteiger charge is -2.15. The van der Waals surface area contributed by atoms with Crippen LogP contribution in [-0.4, -0.2) is 24.4 Å². The summed E-state index contributed by atoms with van der Waals surface area (Å²) < 4.78 is 5.79. The quantitative estimate of drug-likeness (QED) is 0.900. The summed E-state index contributed by atoms with van der Waals surface area (Å²) in [5, 5.41) is 5.82. The Balaban J connectivity index is 1.59. The van der Waals surface area contributed by atoms with Crippen LogP contribution >= 0.6 is 0 Å². The van der Waals surface area contributed by atoms with E-state index in [2.05, 4.69) is 10.6 Å². The number of hydrogen-bond donors (Lipinski definition) is 2. The molecule has 2 N–H and O–H groups in total. The first kappa shape index (κ1) is 17.0. The lowest BCUT2D eigenvalue weighted by Crippen LogP contribution is -2.35. The molecular weight excluding hydrogens is 316 g/mol. The van der Waals surface area contributed by atoms with Gasteiger partial charge in [0.15, 0.2) is 0 Å². The smallest absolute Gasteiger partial charge is 0.251 e. The fourth-order valence-electron chi connectivity index (χ4n) is 2.83. The Morgan fingerprint density at radius 2 is 1.92 bits per heavy atom. The zero-order chi connectivity index (χ0) is 17.6. The predicted octanol–water partition coefficient (Wildman–Crippen LogP) is 3.19. The second-order valence-electron chi connectivity index (χ2n) is 6.29. The van der Waals surface area contributed by atoms with Gasteiger partial charge in [0.1, 0.15) is 11.5 Å². The van der Waals surface area contributed by atoms with Crippen LogP contribution in [0, 0.1) is 6.92 Å². The van der Waals surface area contributed by atoms with Crippen molar-refractivity contribution in [1.82, 2.24) is 10.6 Å². The first-order chi connectivity index (χ1) is 12.1. The van der Waals surface area contributed by atoms with Crippen molar-refractivity contribution in [1.29, 1.82) is 0 Å². The molecule has 0 bridgehead atoms. The SMILES string of the molecule is Cc1cccc(Oc2ccc(C(=O)NC3CCNC(=O)CC3)cc2)c1. The van der Waals surface area contributed by atoms with Crippen LogP contribution in [0.15, 0.2) is 48.5 Å². The minimum atomic E-state index is -0.124. The van der Waals surface area contributed by atoms with Gasteiger partial charge in [0, 0.05) is 24.6 Å². The predicted molar refractivity (Wildman–Crippen MR) is 95.8 cm³/mol. The number of rotatable bonds is 4. The van der Waals surface area contributed by atoms with Crippen molar-refractivity contribution < 1.29 is 14.3 Å². The Kier molecular flexibility index (Phi) is 5.33. The van der Waals surface area contributed by atoms with E-state index < -0.39 is 0 Å². The highest BCUT2D eigenvalue weighted by Crippen LogP contribution is 2.22. The van der Waals surface area contributed by atoms with E-state index in [0.29, 0.717) is 30.7 Å². The highest BCUT2D eigenvalue weighted by molar-refractivity contribution is 5.94. The minimum absolute atomic E-state index is 0.0228. The Hall–Kier alpha value is -2.82. The molecule has 2 aromatic rings. The van der Waals surface area contributed by atoms with Gasteiger partial charge in [-0.1, -0.05) is 12.1 Å². The Bertz CT molecular complexity index is 756. The standard InChI is InChI=1S/C20H22N2O3/c1-14-3-2-4-18(13-14)25-17-8-5-15(6-9-17)20(24)22-16-7-10-19(23)21-12-11-16/h2-6,8-9,13,16H,7,10-12H2,1H3,(H,21,23)(H,22,24). The molecule has 5 nitrogen and oxygen atoms in total. The summed E-state index contributed by atoms with van der Waals surface area (Å²) >= 11 is 0. The van der Waals surface area contributed by atoms with Crippen molar-refractivity contribution in [2.24, 2.45) is 0 Å². The van der Waals surface area contributed by atoms with E-state index in [-0.39, 0.29) is 17.9 Å². The van der Waals surface area contributed by atoms with Crippen molar-refractivity contribution in [3.8, 4) is 11.5 Å². The van der Waals surface area contributed by atoms with Gasteiger partial charge in [0.2, 0.25) is 5.91 Å². The first-order valence-corrected chi connectivity index (χ1v) is 8.52. The highest BCUT2D eigenvalue weighted by Gasteiger charge is 2.18. The number of carbonyl (C=O) groups is 2. The second-order valence-corrected chi connectivity index (χ2v) is 6.29. The highest BCUT2D eigenvalue weighted by atomic mass is 16.5. The van der Waals surface area contributed by atoms with E-state index in [9.17, 15) is 9.59 Å². The van der Waals surface area contributed by atoms with Crippen LogP contribution in [-0.2, 0) is 4.79 Å². The van der Waals surface area contributed by atoms with E-state index in [0.717, 1.165) is 17.7 Å². The zero-order valence-electron chi connectivity index (χ0n) is 14.2. The maximum atomic E-state index is 12.4. The van der Waals surface area contributed by atoms with Gasteiger partial charge in [-0.15, -0.1) is 0 Å². The van der Waals surface area contributed by atoms with Crippen LogP contribution in [0.25, 0.3) is 0 Å². The van der Waals surface area contributed by atoms with Gasteiger partial charge >= 0.3 is 0 Å². The van der Waals surface area contributed by atoms with Crippen LogP contribution in [0.3, 0.4) is 0 Å². The number of ether oxygens (including phenoxy) is 1. The molecule has 0 aliphatic carbocycles. The van der Waals surface area contributed by atoms with Crippen molar-refractivity contribution in [3.63, 3.8) is 0 Å². The lowest BCUT2D eigenvalue weighted by atomic mass is 10.1. The van der Waals surface area contributed by atoms with Crippen molar-refractivity contribution >= 4 is 11.8 Å². The molecule has 0 saturated carbocycles. The lowest BCUT2D eigenvalue weighted by molar-refractivity contribution is -0.120. The summed E-state index contributed by atoms with van der Waals surface area (Å²) in [5.41, 5.74) is 1.71. The Labute approximate surface area is 147 Å². The molecule has 0 aromatic heterocycles. The van der Waals surface area contributed by atoms with Crippen LogP contribution in [0.2, 0.25) is 0 Å². The monoisotopic (exact) mass is 338 g/mol. The molecule has 3 rings (SSSR count). The largest absolute Gasteiger partial charge is 0.457 e. The summed E-state index contributed by atoms with van der Waals surface area (Å²) in [6.07, 6.45) is 1.88. The Morgan fingerprint density at radius 1 is 1.12 bits per heavy atom. The van der Waals surface area contributed by atoms with Gasteiger partial charge < -0.3 is 15.4 Å². The van der Waals surface area contributed by atoms with Gasteiger partial charge in [0.05, 0.1) is 0 Å². The number of hydrogen-bond acceptors (Lipinski definition) is 3. The molecule has 130 valence electrons. The zero-order valence-corrected chi connectivity index (χ0v) is 14.2. The third-order valence-electron chi connectivity index (χ3n) is 4.21.